The van der Waals surface area contributed by atoms with E-state index in [-0.39, 0.29) is 11.9 Å². The van der Waals surface area contributed by atoms with Crippen molar-refractivity contribution in [1.82, 2.24) is 10.3 Å². The van der Waals surface area contributed by atoms with Crippen LogP contribution in [0.15, 0.2) is 30.5 Å². The number of halogens is 1. The van der Waals surface area contributed by atoms with Crippen molar-refractivity contribution < 1.29 is 4.39 Å². The number of nitrogens with zero attached hydrogens (tertiary/aromatic N) is 1. The van der Waals surface area contributed by atoms with Crippen LogP contribution in [0.2, 0.25) is 0 Å². The molecule has 0 saturated heterocycles. The average molecular weight is 259 g/mol. The summed E-state index contributed by atoms with van der Waals surface area (Å²) < 4.78 is 13.7. The first-order chi connectivity index (χ1) is 9.02. The summed E-state index contributed by atoms with van der Waals surface area (Å²) in [5, 5.41) is 3.16. The predicted octanol–water partition coefficient (Wildman–Crippen LogP) is 2.73. The molecular formula is C15H18FN3. The number of pyridine rings is 1. The lowest BCUT2D eigenvalue weighted by molar-refractivity contribution is 0.608. The summed E-state index contributed by atoms with van der Waals surface area (Å²) in [7, 11) is 1.82. The van der Waals surface area contributed by atoms with Crippen LogP contribution in [0.4, 0.5) is 10.2 Å². The van der Waals surface area contributed by atoms with E-state index in [1.165, 1.54) is 6.07 Å². The maximum Gasteiger partial charge on any atom is 0.128 e. The summed E-state index contributed by atoms with van der Waals surface area (Å²) in [6.45, 7) is 3.70. The van der Waals surface area contributed by atoms with Crippen LogP contribution in [0, 0.1) is 19.7 Å². The van der Waals surface area contributed by atoms with E-state index in [1.807, 2.05) is 26.1 Å². The predicted molar refractivity (Wildman–Crippen MR) is 75.4 cm³/mol. The van der Waals surface area contributed by atoms with E-state index in [0.717, 1.165) is 16.7 Å². The summed E-state index contributed by atoms with van der Waals surface area (Å²) in [4.78, 5) is 4.16. The highest BCUT2D eigenvalue weighted by Crippen LogP contribution is 2.27. The standard InChI is InChI=1S/C15H18FN3/c1-9-6-12(15(17)19-8-9)14(18-3)11-5-4-10(2)13(16)7-11/h4-8,14,18H,1-3H3,(H2,17,19). The molecule has 1 aromatic heterocycles. The van der Waals surface area contributed by atoms with Gasteiger partial charge in [-0.2, -0.15) is 0 Å². The van der Waals surface area contributed by atoms with Crippen molar-refractivity contribution in [2.24, 2.45) is 0 Å². The van der Waals surface area contributed by atoms with Gasteiger partial charge in [0.15, 0.2) is 0 Å². The van der Waals surface area contributed by atoms with Gasteiger partial charge in [-0.1, -0.05) is 12.1 Å². The molecule has 0 aliphatic rings. The fourth-order valence-electron chi connectivity index (χ4n) is 2.12. The molecule has 1 aromatic carbocycles. The molecule has 0 radical (unpaired) electrons. The molecule has 0 bridgehead atoms. The Labute approximate surface area is 112 Å². The smallest absolute Gasteiger partial charge is 0.128 e. The van der Waals surface area contributed by atoms with Gasteiger partial charge in [0.1, 0.15) is 11.6 Å². The minimum absolute atomic E-state index is 0.164. The lowest BCUT2D eigenvalue weighted by Gasteiger charge is -2.19. The summed E-state index contributed by atoms with van der Waals surface area (Å²) in [5.41, 5.74) is 9.29. The number of nitrogens with two attached hydrogens (primary N) is 1. The number of aromatic nitrogens is 1. The van der Waals surface area contributed by atoms with E-state index >= 15 is 0 Å². The normalized spacial score (nSPS) is 12.4. The van der Waals surface area contributed by atoms with Gasteiger partial charge in [-0.25, -0.2) is 9.37 Å². The lowest BCUT2D eigenvalue weighted by atomic mass is 9.97. The van der Waals surface area contributed by atoms with Gasteiger partial charge in [0.25, 0.3) is 0 Å². The van der Waals surface area contributed by atoms with Gasteiger partial charge in [0.05, 0.1) is 6.04 Å². The Morgan fingerprint density at radius 1 is 1.26 bits per heavy atom. The number of anilines is 1. The third-order valence-electron chi connectivity index (χ3n) is 3.22. The van der Waals surface area contributed by atoms with Crippen LogP contribution >= 0.6 is 0 Å². The SMILES string of the molecule is CNC(c1ccc(C)c(F)c1)c1cc(C)cnc1N. The molecule has 2 aromatic rings. The van der Waals surface area contributed by atoms with E-state index < -0.39 is 0 Å². The second kappa shape index (κ2) is 5.36. The number of rotatable bonds is 3. The molecule has 0 aliphatic heterocycles. The Hall–Kier alpha value is -1.94. The number of hydrogen-bond donors (Lipinski definition) is 2. The van der Waals surface area contributed by atoms with Gasteiger partial charge in [-0.15, -0.1) is 0 Å². The van der Waals surface area contributed by atoms with Gasteiger partial charge < -0.3 is 11.1 Å². The molecule has 100 valence electrons. The molecule has 0 spiro atoms. The molecule has 0 amide bonds. The lowest BCUT2D eigenvalue weighted by Crippen LogP contribution is -2.20. The van der Waals surface area contributed by atoms with Crippen molar-refractivity contribution >= 4 is 5.82 Å². The quantitative estimate of drug-likeness (QED) is 0.891. The van der Waals surface area contributed by atoms with E-state index in [9.17, 15) is 4.39 Å². The Bertz CT molecular complexity index is 596. The molecule has 1 heterocycles. The Balaban J connectivity index is 2.49. The summed E-state index contributed by atoms with van der Waals surface area (Å²) in [6.07, 6.45) is 1.72. The molecule has 2 rings (SSSR count). The minimum Gasteiger partial charge on any atom is -0.383 e. The van der Waals surface area contributed by atoms with E-state index in [2.05, 4.69) is 10.3 Å². The van der Waals surface area contributed by atoms with Crippen LogP contribution < -0.4 is 11.1 Å². The molecule has 3 nitrogen and oxygen atoms in total. The van der Waals surface area contributed by atoms with Crippen LogP contribution in [-0.4, -0.2) is 12.0 Å². The number of aryl methyl sites for hydroxylation is 2. The van der Waals surface area contributed by atoms with Gasteiger partial charge in [0.2, 0.25) is 0 Å². The van der Waals surface area contributed by atoms with E-state index in [4.69, 9.17) is 5.73 Å². The van der Waals surface area contributed by atoms with E-state index in [0.29, 0.717) is 11.4 Å². The zero-order valence-electron chi connectivity index (χ0n) is 11.4. The number of nitrogen functional groups attached to an aromatic ring is 1. The van der Waals surface area contributed by atoms with Crippen molar-refractivity contribution in [2.45, 2.75) is 19.9 Å². The first-order valence-electron chi connectivity index (χ1n) is 6.18. The van der Waals surface area contributed by atoms with Crippen molar-refractivity contribution in [3.63, 3.8) is 0 Å². The highest BCUT2D eigenvalue weighted by Gasteiger charge is 2.16. The summed E-state index contributed by atoms with van der Waals surface area (Å²) in [6, 6.07) is 7.03. The van der Waals surface area contributed by atoms with Gasteiger partial charge in [-0.3, -0.25) is 0 Å². The van der Waals surface area contributed by atoms with E-state index in [1.54, 1.807) is 19.2 Å². The van der Waals surface area contributed by atoms with Gasteiger partial charge in [0, 0.05) is 11.8 Å². The Kier molecular flexibility index (Phi) is 3.81. The van der Waals surface area contributed by atoms with Crippen molar-refractivity contribution in [1.29, 1.82) is 0 Å². The zero-order chi connectivity index (χ0) is 14.0. The number of hydrogen-bond acceptors (Lipinski definition) is 3. The fourth-order valence-corrected chi connectivity index (χ4v) is 2.12. The molecule has 1 atom stereocenters. The number of nitrogens with one attached hydrogen (secondary N) is 1. The molecule has 0 saturated carbocycles. The summed E-state index contributed by atoms with van der Waals surface area (Å²) >= 11 is 0. The first kappa shape index (κ1) is 13.5. The first-order valence-corrected chi connectivity index (χ1v) is 6.18. The second-order valence-corrected chi connectivity index (χ2v) is 4.72. The molecule has 4 heteroatoms. The second-order valence-electron chi connectivity index (χ2n) is 4.72. The summed E-state index contributed by atoms with van der Waals surface area (Å²) in [5.74, 6) is 0.253. The maximum atomic E-state index is 13.7. The highest BCUT2D eigenvalue weighted by molar-refractivity contribution is 5.47. The molecular weight excluding hydrogens is 241 g/mol. The topological polar surface area (TPSA) is 50.9 Å². The van der Waals surface area contributed by atoms with Crippen LogP contribution in [0.5, 0.6) is 0 Å². The molecule has 1 unspecified atom stereocenters. The van der Waals surface area contributed by atoms with Crippen molar-refractivity contribution in [3.05, 3.63) is 58.5 Å². The molecule has 0 aliphatic carbocycles. The third kappa shape index (κ3) is 2.74. The molecule has 3 N–H and O–H groups in total. The van der Waals surface area contributed by atoms with Crippen LogP contribution in [-0.2, 0) is 0 Å². The largest absolute Gasteiger partial charge is 0.383 e. The van der Waals surface area contributed by atoms with Crippen molar-refractivity contribution in [3.8, 4) is 0 Å². The monoisotopic (exact) mass is 259 g/mol. The van der Waals surface area contributed by atoms with Gasteiger partial charge >= 0.3 is 0 Å². The zero-order valence-corrected chi connectivity index (χ0v) is 11.4. The highest BCUT2D eigenvalue weighted by atomic mass is 19.1. The van der Waals surface area contributed by atoms with Gasteiger partial charge in [-0.05, 0) is 49.7 Å². The maximum absolute atomic E-state index is 13.7. The third-order valence-corrected chi connectivity index (χ3v) is 3.22. The fraction of sp³-hybridized carbons (Fsp3) is 0.267. The van der Waals surface area contributed by atoms with Crippen LogP contribution in [0.25, 0.3) is 0 Å². The molecule has 0 fully saturated rings. The Morgan fingerprint density at radius 3 is 2.63 bits per heavy atom. The Morgan fingerprint density at radius 2 is 2.00 bits per heavy atom. The van der Waals surface area contributed by atoms with Crippen LogP contribution in [0.3, 0.4) is 0 Å². The van der Waals surface area contributed by atoms with Crippen molar-refractivity contribution in [2.75, 3.05) is 12.8 Å². The number of benzene rings is 1. The molecule has 19 heavy (non-hydrogen) atoms. The average Bonchev–Trinajstić information content (AvgIpc) is 2.38. The van der Waals surface area contributed by atoms with Crippen LogP contribution in [0.1, 0.15) is 28.3 Å². The minimum atomic E-state index is -0.211.